The van der Waals surface area contributed by atoms with Crippen molar-refractivity contribution < 1.29 is 14.3 Å². The smallest absolute Gasteiger partial charge is 0.280 e. The molecule has 0 fully saturated rings. The second kappa shape index (κ2) is 9.22. The van der Waals surface area contributed by atoms with Crippen LogP contribution >= 0.6 is 0 Å². The lowest BCUT2D eigenvalue weighted by Gasteiger charge is -2.12. The molecule has 1 aliphatic rings. The molecule has 0 radical (unpaired) electrons. The van der Waals surface area contributed by atoms with Gasteiger partial charge in [0.05, 0.1) is 30.2 Å². The molecule has 1 amide bonds. The Morgan fingerprint density at radius 1 is 0.964 bits per heavy atom. The summed E-state index contributed by atoms with van der Waals surface area (Å²) in [6.07, 6.45) is 3.55. The monoisotopic (exact) mass is 378 g/mol. The van der Waals surface area contributed by atoms with Gasteiger partial charge in [-0.3, -0.25) is 4.79 Å². The van der Waals surface area contributed by atoms with E-state index in [0.29, 0.717) is 30.3 Å². The minimum Gasteiger partial charge on any atom is -0.490 e. The molecule has 0 aliphatic carbocycles. The van der Waals surface area contributed by atoms with Crippen molar-refractivity contribution in [1.82, 2.24) is 0 Å². The number of benzene rings is 2. The summed E-state index contributed by atoms with van der Waals surface area (Å²) >= 11 is 0. The van der Waals surface area contributed by atoms with Crippen LogP contribution in [0.4, 0.5) is 5.69 Å². The molecule has 3 rings (SSSR count). The number of carbonyl (C=O) groups excluding carboxylic acids is 1. The summed E-state index contributed by atoms with van der Waals surface area (Å²) in [5.74, 6) is 1.28. The molecule has 28 heavy (non-hydrogen) atoms. The van der Waals surface area contributed by atoms with Gasteiger partial charge < -0.3 is 9.47 Å². The average molecular weight is 378 g/mol. The van der Waals surface area contributed by atoms with Crippen LogP contribution in [0.25, 0.3) is 6.08 Å². The number of hydrazone groups is 1. The fraction of sp³-hybridized carbons (Fsp3) is 0.304. The minimum absolute atomic E-state index is 0.110. The van der Waals surface area contributed by atoms with E-state index in [1.54, 1.807) is 0 Å². The first-order valence-electron chi connectivity index (χ1n) is 9.76. The van der Waals surface area contributed by atoms with E-state index in [2.05, 4.69) is 12.0 Å². The van der Waals surface area contributed by atoms with Crippen molar-refractivity contribution in [3.8, 4) is 11.5 Å². The Bertz CT molecular complexity index is 888. The van der Waals surface area contributed by atoms with Crippen molar-refractivity contribution in [2.75, 3.05) is 18.2 Å². The molecule has 0 atom stereocenters. The first-order chi connectivity index (χ1) is 13.7. The number of para-hydroxylation sites is 1. The predicted octanol–water partition coefficient (Wildman–Crippen LogP) is 5.07. The van der Waals surface area contributed by atoms with E-state index in [1.165, 1.54) is 5.01 Å². The summed E-state index contributed by atoms with van der Waals surface area (Å²) in [5, 5.41) is 6.07. The highest BCUT2D eigenvalue weighted by atomic mass is 16.5. The Kier molecular flexibility index (Phi) is 6.48. The molecule has 0 unspecified atom stereocenters. The molecule has 0 saturated heterocycles. The normalized spacial score (nSPS) is 15.1. The fourth-order valence-corrected chi connectivity index (χ4v) is 3.09. The summed E-state index contributed by atoms with van der Waals surface area (Å²) < 4.78 is 11.3. The second-order valence-corrected chi connectivity index (χ2v) is 6.38. The van der Waals surface area contributed by atoms with Gasteiger partial charge in [0, 0.05) is 0 Å². The zero-order chi connectivity index (χ0) is 19.9. The second-order valence-electron chi connectivity index (χ2n) is 6.38. The summed E-state index contributed by atoms with van der Waals surface area (Å²) in [5.41, 5.74) is 3.08. The van der Waals surface area contributed by atoms with Crippen LogP contribution in [0.2, 0.25) is 0 Å². The van der Waals surface area contributed by atoms with Crippen LogP contribution in [-0.2, 0) is 4.79 Å². The van der Waals surface area contributed by atoms with Crippen LogP contribution in [0, 0.1) is 0 Å². The first kappa shape index (κ1) is 19.7. The molecule has 146 valence electrons. The largest absolute Gasteiger partial charge is 0.490 e. The molecule has 2 aromatic carbocycles. The summed E-state index contributed by atoms with van der Waals surface area (Å²) in [6.45, 7) is 7.07. The highest BCUT2D eigenvalue weighted by molar-refractivity contribution is 6.32. The molecule has 5 nitrogen and oxygen atoms in total. The number of rotatable bonds is 8. The lowest BCUT2D eigenvalue weighted by atomic mass is 10.0. The standard InChI is InChI=1S/C23H26N2O3/c1-4-10-20-19(23(26)25(24-20)18-11-8-7-9-12-18)15-17-13-14-21(27-5-2)22(16-17)28-6-3/h7-9,11-16H,4-6,10H2,1-3H3. The Hall–Kier alpha value is -3.08. The summed E-state index contributed by atoms with van der Waals surface area (Å²) in [7, 11) is 0. The number of hydrogen-bond acceptors (Lipinski definition) is 4. The van der Waals surface area contributed by atoms with E-state index in [1.807, 2.05) is 68.5 Å². The minimum atomic E-state index is -0.110. The van der Waals surface area contributed by atoms with Crippen molar-refractivity contribution in [3.05, 3.63) is 59.7 Å². The van der Waals surface area contributed by atoms with Crippen molar-refractivity contribution in [2.24, 2.45) is 5.10 Å². The number of carbonyl (C=O) groups is 1. The van der Waals surface area contributed by atoms with Crippen molar-refractivity contribution in [3.63, 3.8) is 0 Å². The van der Waals surface area contributed by atoms with Gasteiger partial charge in [-0.2, -0.15) is 10.1 Å². The van der Waals surface area contributed by atoms with E-state index in [4.69, 9.17) is 9.47 Å². The fourth-order valence-electron chi connectivity index (χ4n) is 3.09. The first-order valence-corrected chi connectivity index (χ1v) is 9.76. The summed E-state index contributed by atoms with van der Waals surface area (Å²) in [4.78, 5) is 13.1. The maximum Gasteiger partial charge on any atom is 0.280 e. The van der Waals surface area contributed by atoms with Gasteiger partial charge in [0.25, 0.3) is 5.91 Å². The molecule has 5 heteroatoms. The Morgan fingerprint density at radius 2 is 1.68 bits per heavy atom. The SMILES string of the molecule is CCCC1=NN(c2ccccc2)C(=O)C1=Cc1ccc(OCC)c(OCC)c1. The Morgan fingerprint density at radius 3 is 2.36 bits per heavy atom. The number of hydrogen-bond donors (Lipinski definition) is 0. The van der Waals surface area contributed by atoms with E-state index in [0.717, 1.165) is 29.8 Å². The topological polar surface area (TPSA) is 51.1 Å². The molecule has 1 aliphatic heterocycles. The van der Waals surface area contributed by atoms with Crippen LogP contribution in [0.5, 0.6) is 11.5 Å². The maximum absolute atomic E-state index is 13.1. The van der Waals surface area contributed by atoms with Crippen LogP contribution < -0.4 is 14.5 Å². The van der Waals surface area contributed by atoms with Crippen LogP contribution in [0.15, 0.2) is 59.2 Å². The number of nitrogens with zero attached hydrogens (tertiary/aromatic N) is 2. The molecular weight excluding hydrogens is 352 g/mol. The van der Waals surface area contributed by atoms with Gasteiger partial charge in [0.15, 0.2) is 11.5 Å². The zero-order valence-corrected chi connectivity index (χ0v) is 16.6. The molecule has 0 aromatic heterocycles. The third-order valence-corrected chi connectivity index (χ3v) is 4.32. The molecule has 0 spiro atoms. The average Bonchev–Trinajstić information content (AvgIpc) is 3.01. The number of anilines is 1. The molecule has 2 aromatic rings. The molecule has 0 bridgehead atoms. The molecule has 0 saturated carbocycles. The van der Waals surface area contributed by atoms with E-state index < -0.39 is 0 Å². The van der Waals surface area contributed by atoms with E-state index in [9.17, 15) is 4.79 Å². The lowest BCUT2D eigenvalue weighted by Crippen LogP contribution is -2.21. The quantitative estimate of drug-likeness (QED) is 0.603. The van der Waals surface area contributed by atoms with Crippen molar-refractivity contribution in [2.45, 2.75) is 33.6 Å². The van der Waals surface area contributed by atoms with Crippen LogP contribution in [0.1, 0.15) is 39.2 Å². The van der Waals surface area contributed by atoms with Gasteiger partial charge in [0.1, 0.15) is 0 Å². The molecular formula is C23H26N2O3. The van der Waals surface area contributed by atoms with E-state index in [-0.39, 0.29) is 5.91 Å². The van der Waals surface area contributed by atoms with Gasteiger partial charge in [-0.25, -0.2) is 0 Å². The molecule has 0 N–H and O–H groups in total. The van der Waals surface area contributed by atoms with Gasteiger partial charge in [-0.15, -0.1) is 0 Å². The zero-order valence-electron chi connectivity index (χ0n) is 16.6. The third-order valence-electron chi connectivity index (χ3n) is 4.32. The number of amides is 1. The highest BCUT2D eigenvalue weighted by Gasteiger charge is 2.30. The van der Waals surface area contributed by atoms with E-state index >= 15 is 0 Å². The van der Waals surface area contributed by atoms with Gasteiger partial charge >= 0.3 is 0 Å². The van der Waals surface area contributed by atoms with Crippen LogP contribution in [-0.4, -0.2) is 24.8 Å². The predicted molar refractivity (Wildman–Crippen MR) is 113 cm³/mol. The van der Waals surface area contributed by atoms with Gasteiger partial charge in [-0.1, -0.05) is 37.6 Å². The summed E-state index contributed by atoms with van der Waals surface area (Å²) in [6, 6.07) is 15.2. The lowest BCUT2D eigenvalue weighted by molar-refractivity contribution is -0.114. The Labute approximate surface area is 166 Å². The third kappa shape index (κ3) is 4.25. The van der Waals surface area contributed by atoms with Gasteiger partial charge in [0.2, 0.25) is 0 Å². The van der Waals surface area contributed by atoms with Crippen LogP contribution in [0.3, 0.4) is 0 Å². The van der Waals surface area contributed by atoms with Gasteiger partial charge in [-0.05, 0) is 56.2 Å². The maximum atomic E-state index is 13.1. The molecule has 1 heterocycles. The van der Waals surface area contributed by atoms with Crippen molar-refractivity contribution in [1.29, 1.82) is 0 Å². The highest BCUT2D eigenvalue weighted by Crippen LogP contribution is 2.31. The van der Waals surface area contributed by atoms with Crippen molar-refractivity contribution >= 4 is 23.4 Å². The number of ether oxygens (including phenoxy) is 2. The Balaban J connectivity index is 1.96.